The Morgan fingerprint density at radius 2 is 2.22 bits per heavy atom. The number of aryl methyl sites for hydroxylation is 1. The van der Waals surface area contributed by atoms with Crippen molar-refractivity contribution >= 4 is 32.6 Å². The van der Waals surface area contributed by atoms with Gasteiger partial charge in [0.05, 0.1) is 22.2 Å². The first kappa shape index (κ1) is 14.3. The molecule has 2 N–H and O–H groups in total. The number of thiazole rings is 1. The van der Waals surface area contributed by atoms with Crippen molar-refractivity contribution in [2.24, 2.45) is 5.92 Å². The van der Waals surface area contributed by atoms with Gasteiger partial charge in [-0.2, -0.15) is 0 Å². The van der Waals surface area contributed by atoms with Gasteiger partial charge in [0.2, 0.25) is 5.91 Å². The minimum atomic E-state index is -0.496. The van der Waals surface area contributed by atoms with Gasteiger partial charge in [-0.1, -0.05) is 17.4 Å². The van der Waals surface area contributed by atoms with E-state index in [1.807, 2.05) is 24.4 Å². The fourth-order valence-corrected chi connectivity index (χ4v) is 3.48. The Morgan fingerprint density at radius 3 is 2.96 bits per heavy atom. The highest BCUT2D eigenvalue weighted by Crippen LogP contribution is 2.34. The predicted octanol–water partition coefficient (Wildman–Crippen LogP) is 2.99. The summed E-state index contributed by atoms with van der Waals surface area (Å²) in [6.07, 6.45) is 3.68. The van der Waals surface area contributed by atoms with Crippen LogP contribution >= 0.6 is 11.3 Å². The summed E-state index contributed by atoms with van der Waals surface area (Å²) in [5, 5.41) is 12.7. The first-order valence-corrected chi connectivity index (χ1v) is 8.24. The highest BCUT2D eigenvalue weighted by molar-refractivity contribution is 7.22. The van der Waals surface area contributed by atoms with Crippen LogP contribution in [0.15, 0.2) is 36.7 Å². The molecule has 0 radical (unpaired) electrons. The second-order valence-electron chi connectivity index (χ2n) is 5.79. The van der Waals surface area contributed by atoms with Gasteiger partial charge in [-0.05, 0) is 42.7 Å². The van der Waals surface area contributed by atoms with Gasteiger partial charge in [-0.25, -0.2) is 4.98 Å². The molecule has 6 heteroatoms. The Labute approximate surface area is 137 Å². The number of anilines is 1. The maximum Gasteiger partial charge on any atom is 0.231 e. The molecule has 1 aliphatic carbocycles. The lowest BCUT2D eigenvalue weighted by molar-refractivity contribution is -0.117. The maximum atomic E-state index is 11.9. The molecule has 0 aliphatic heterocycles. The van der Waals surface area contributed by atoms with E-state index in [1.165, 1.54) is 16.9 Å². The number of rotatable bonds is 3. The molecule has 0 saturated heterocycles. The van der Waals surface area contributed by atoms with Crippen LogP contribution in [0.4, 0.5) is 5.13 Å². The van der Waals surface area contributed by atoms with Gasteiger partial charge in [0.15, 0.2) is 5.13 Å². The van der Waals surface area contributed by atoms with Gasteiger partial charge < -0.3 is 10.4 Å². The van der Waals surface area contributed by atoms with Crippen LogP contribution in [0.5, 0.6) is 0 Å². The summed E-state index contributed by atoms with van der Waals surface area (Å²) in [4.78, 5) is 20.5. The Morgan fingerprint density at radius 1 is 1.39 bits per heavy atom. The van der Waals surface area contributed by atoms with Gasteiger partial charge in [0.1, 0.15) is 0 Å². The van der Waals surface area contributed by atoms with E-state index in [2.05, 4.69) is 28.3 Å². The van der Waals surface area contributed by atoms with Crippen LogP contribution in [-0.4, -0.2) is 27.1 Å². The fraction of sp³-hybridized carbons (Fsp3) is 0.235. The number of amides is 1. The zero-order valence-electron chi connectivity index (χ0n) is 12.5. The number of aromatic nitrogens is 2. The third-order valence-electron chi connectivity index (χ3n) is 4.06. The Kier molecular flexibility index (Phi) is 3.36. The van der Waals surface area contributed by atoms with Crippen LogP contribution in [-0.2, 0) is 4.79 Å². The zero-order chi connectivity index (χ0) is 16.0. The molecule has 4 rings (SSSR count). The quantitative estimate of drug-likeness (QED) is 0.776. The highest BCUT2D eigenvalue weighted by atomic mass is 32.1. The van der Waals surface area contributed by atoms with E-state index in [9.17, 15) is 9.90 Å². The van der Waals surface area contributed by atoms with E-state index < -0.39 is 6.10 Å². The molecule has 0 unspecified atom stereocenters. The van der Waals surface area contributed by atoms with E-state index >= 15 is 0 Å². The second-order valence-corrected chi connectivity index (χ2v) is 6.82. The van der Waals surface area contributed by atoms with E-state index in [4.69, 9.17) is 0 Å². The van der Waals surface area contributed by atoms with E-state index in [0.717, 1.165) is 21.3 Å². The van der Waals surface area contributed by atoms with Gasteiger partial charge in [-0.15, -0.1) is 0 Å². The molecule has 1 saturated carbocycles. The van der Waals surface area contributed by atoms with Crippen LogP contribution in [0.25, 0.3) is 21.3 Å². The molecule has 5 nitrogen and oxygen atoms in total. The van der Waals surface area contributed by atoms with Crippen LogP contribution < -0.4 is 5.32 Å². The van der Waals surface area contributed by atoms with Crippen molar-refractivity contribution in [1.82, 2.24) is 9.97 Å². The minimum Gasteiger partial charge on any atom is -0.392 e. The molecule has 0 bridgehead atoms. The van der Waals surface area contributed by atoms with Crippen LogP contribution in [0.2, 0.25) is 0 Å². The summed E-state index contributed by atoms with van der Waals surface area (Å²) in [5.41, 5.74) is 4.20. The van der Waals surface area contributed by atoms with Crippen molar-refractivity contribution in [2.45, 2.75) is 19.4 Å². The highest BCUT2D eigenvalue weighted by Gasteiger charge is 2.41. The van der Waals surface area contributed by atoms with Crippen LogP contribution in [0.3, 0.4) is 0 Å². The number of carbonyl (C=O) groups excluding carboxylic acids is 1. The van der Waals surface area contributed by atoms with Crippen molar-refractivity contribution in [3.63, 3.8) is 0 Å². The lowest BCUT2D eigenvalue weighted by atomic mass is 10.0. The minimum absolute atomic E-state index is 0.153. The molecule has 116 valence electrons. The number of hydrogen-bond acceptors (Lipinski definition) is 5. The number of aliphatic hydroxyl groups excluding tert-OH is 1. The molecule has 0 spiro atoms. The number of aliphatic hydroxyl groups is 1. The van der Waals surface area contributed by atoms with E-state index in [-0.39, 0.29) is 11.8 Å². The molecular weight excluding hydrogens is 310 g/mol. The SMILES string of the molecule is Cc1ccncc1-c1ccc2nc(NC(=O)[C@@H]3C[C@@H]3O)sc2c1. The molecule has 2 aromatic heterocycles. The number of carbonyl (C=O) groups is 1. The molecule has 2 heterocycles. The lowest BCUT2D eigenvalue weighted by Gasteiger charge is -2.04. The number of nitrogens with zero attached hydrogens (tertiary/aromatic N) is 2. The molecular formula is C17H15N3O2S. The maximum absolute atomic E-state index is 11.9. The summed E-state index contributed by atoms with van der Waals surface area (Å²) >= 11 is 1.44. The topological polar surface area (TPSA) is 75.1 Å². The Balaban J connectivity index is 1.64. The molecule has 1 aliphatic rings. The molecule has 3 aromatic rings. The molecule has 23 heavy (non-hydrogen) atoms. The third-order valence-corrected chi connectivity index (χ3v) is 5.00. The zero-order valence-corrected chi connectivity index (χ0v) is 13.3. The monoisotopic (exact) mass is 325 g/mol. The number of hydrogen-bond donors (Lipinski definition) is 2. The third kappa shape index (κ3) is 2.71. The average Bonchev–Trinajstić information content (AvgIpc) is 3.13. The number of nitrogens with one attached hydrogen (secondary N) is 1. The first-order valence-electron chi connectivity index (χ1n) is 7.42. The summed E-state index contributed by atoms with van der Waals surface area (Å²) < 4.78 is 1.01. The number of pyridine rings is 1. The smallest absolute Gasteiger partial charge is 0.231 e. The summed E-state index contributed by atoms with van der Waals surface area (Å²) in [6, 6.07) is 8.02. The summed E-state index contributed by atoms with van der Waals surface area (Å²) in [6.45, 7) is 2.06. The van der Waals surface area contributed by atoms with Crippen molar-refractivity contribution in [2.75, 3.05) is 5.32 Å². The molecule has 1 fully saturated rings. The lowest BCUT2D eigenvalue weighted by Crippen LogP contribution is -2.15. The second kappa shape index (κ2) is 5.40. The number of fused-ring (bicyclic) bond motifs is 1. The summed E-state index contributed by atoms with van der Waals surface area (Å²) in [7, 11) is 0. The van der Waals surface area contributed by atoms with Gasteiger partial charge in [0, 0.05) is 18.0 Å². The largest absolute Gasteiger partial charge is 0.392 e. The Hall–Kier alpha value is -2.31. The van der Waals surface area contributed by atoms with Gasteiger partial charge in [0.25, 0.3) is 0 Å². The van der Waals surface area contributed by atoms with Crippen molar-refractivity contribution in [1.29, 1.82) is 0 Å². The standard InChI is InChI=1S/C17H15N3O2S/c1-9-4-5-18-8-12(9)10-2-3-13-15(6-10)23-17(19-13)20-16(22)11-7-14(11)21/h2-6,8,11,14,21H,7H2,1H3,(H,19,20,22)/t11-,14+/m1/s1. The predicted molar refractivity (Wildman–Crippen MR) is 90.3 cm³/mol. The van der Waals surface area contributed by atoms with Crippen LogP contribution in [0.1, 0.15) is 12.0 Å². The van der Waals surface area contributed by atoms with E-state index in [0.29, 0.717) is 11.6 Å². The molecule has 1 aromatic carbocycles. The van der Waals surface area contributed by atoms with Crippen molar-refractivity contribution < 1.29 is 9.90 Å². The summed E-state index contributed by atoms with van der Waals surface area (Å²) in [5.74, 6) is -0.435. The normalized spacial score (nSPS) is 19.7. The Bertz CT molecular complexity index is 906. The molecule has 2 atom stereocenters. The average molecular weight is 325 g/mol. The van der Waals surface area contributed by atoms with Crippen LogP contribution in [0, 0.1) is 12.8 Å². The van der Waals surface area contributed by atoms with Crippen molar-refractivity contribution in [3.05, 3.63) is 42.2 Å². The van der Waals surface area contributed by atoms with Crippen molar-refractivity contribution in [3.8, 4) is 11.1 Å². The fourth-order valence-electron chi connectivity index (χ4n) is 2.57. The van der Waals surface area contributed by atoms with E-state index in [1.54, 1.807) is 6.20 Å². The van der Waals surface area contributed by atoms with Gasteiger partial charge in [-0.3, -0.25) is 9.78 Å². The molecule has 1 amide bonds. The first-order chi connectivity index (χ1) is 11.1. The number of benzene rings is 1. The van der Waals surface area contributed by atoms with Gasteiger partial charge >= 0.3 is 0 Å².